The Kier molecular flexibility index (Phi) is 5.11. The lowest BCUT2D eigenvalue weighted by Crippen LogP contribution is -2.64. The molecule has 4 aliphatic rings. The van der Waals surface area contributed by atoms with Crippen LogP contribution in [-0.4, -0.2) is 65.9 Å². The van der Waals surface area contributed by atoms with Gasteiger partial charge in [-0.2, -0.15) is 0 Å². The van der Waals surface area contributed by atoms with Gasteiger partial charge in [-0.1, -0.05) is 6.07 Å². The fourth-order valence-corrected chi connectivity index (χ4v) is 4.94. The molecule has 1 aromatic carbocycles. The van der Waals surface area contributed by atoms with Gasteiger partial charge in [0.1, 0.15) is 6.04 Å². The second kappa shape index (κ2) is 7.81. The second-order valence-electron chi connectivity index (χ2n) is 8.88. The molecule has 4 heterocycles. The number of fused-ring (bicyclic) bond motifs is 1. The van der Waals surface area contributed by atoms with Gasteiger partial charge in [0.2, 0.25) is 11.8 Å². The van der Waals surface area contributed by atoms with Crippen molar-refractivity contribution >= 4 is 23.6 Å². The van der Waals surface area contributed by atoms with Crippen molar-refractivity contribution in [1.82, 2.24) is 20.9 Å². The molecule has 9 nitrogen and oxygen atoms in total. The number of amides is 4. The van der Waals surface area contributed by atoms with Gasteiger partial charge in [-0.25, -0.2) is 0 Å². The Balaban J connectivity index is 1.22. The summed E-state index contributed by atoms with van der Waals surface area (Å²) in [4.78, 5) is 50.2. The largest absolute Gasteiger partial charge is 0.368 e. The molecule has 3 N–H and O–H groups in total. The van der Waals surface area contributed by atoms with E-state index in [1.54, 1.807) is 12.1 Å². The summed E-state index contributed by atoms with van der Waals surface area (Å²) >= 11 is 0. The summed E-state index contributed by atoms with van der Waals surface area (Å²) in [7, 11) is 0. The number of nitrogens with zero attached hydrogens (tertiary/aromatic N) is 1. The van der Waals surface area contributed by atoms with E-state index in [1.165, 1.54) is 6.42 Å². The average molecular weight is 426 g/mol. The minimum atomic E-state index is -0.941. The van der Waals surface area contributed by atoms with Crippen LogP contribution in [0.4, 0.5) is 0 Å². The van der Waals surface area contributed by atoms with Crippen LogP contribution in [0.2, 0.25) is 0 Å². The second-order valence-corrected chi connectivity index (χ2v) is 8.88. The summed E-state index contributed by atoms with van der Waals surface area (Å²) in [6.07, 6.45) is 3.76. The molecular weight excluding hydrogens is 400 g/mol. The minimum absolute atomic E-state index is 0.0183. The number of rotatable bonds is 5. The smallest absolute Gasteiger partial charge is 0.262 e. The third kappa shape index (κ3) is 3.66. The number of imide groups is 2. The molecule has 0 aromatic heterocycles. The zero-order valence-electron chi connectivity index (χ0n) is 17.2. The van der Waals surface area contributed by atoms with Crippen LogP contribution >= 0.6 is 0 Å². The number of nitrogens with one attached hydrogen (secondary N) is 3. The first-order chi connectivity index (χ1) is 15.0. The van der Waals surface area contributed by atoms with E-state index in [2.05, 4.69) is 16.0 Å². The van der Waals surface area contributed by atoms with E-state index in [9.17, 15) is 19.2 Å². The number of hydrogen-bond acceptors (Lipinski definition) is 7. The molecule has 2 unspecified atom stereocenters. The molecule has 4 aliphatic heterocycles. The summed E-state index contributed by atoms with van der Waals surface area (Å²) in [6.45, 7) is 3.13. The molecule has 164 valence electrons. The van der Waals surface area contributed by atoms with Gasteiger partial charge >= 0.3 is 0 Å². The molecule has 0 saturated carbocycles. The van der Waals surface area contributed by atoms with E-state index in [-0.39, 0.29) is 30.5 Å². The molecule has 9 heteroatoms. The number of hydrogen-bond donors (Lipinski definition) is 3. The monoisotopic (exact) mass is 426 g/mol. The van der Waals surface area contributed by atoms with Gasteiger partial charge in [-0.15, -0.1) is 0 Å². The molecule has 0 bridgehead atoms. The average Bonchev–Trinajstić information content (AvgIpc) is 2.97. The number of ether oxygens (including phenoxy) is 1. The predicted molar refractivity (Wildman–Crippen MR) is 109 cm³/mol. The highest BCUT2D eigenvalue weighted by Gasteiger charge is 2.45. The number of carbonyl (C=O) groups is 4. The van der Waals surface area contributed by atoms with Crippen LogP contribution in [0.1, 0.15) is 58.4 Å². The van der Waals surface area contributed by atoms with E-state index < -0.39 is 23.8 Å². The first-order valence-electron chi connectivity index (χ1n) is 10.9. The van der Waals surface area contributed by atoms with Crippen molar-refractivity contribution in [3.05, 3.63) is 34.9 Å². The third-order valence-electron chi connectivity index (χ3n) is 6.67. The van der Waals surface area contributed by atoms with Gasteiger partial charge in [-0.05, 0) is 43.4 Å². The van der Waals surface area contributed by atoms with Crippen LogP contribution in [0, 0.1) is 0 Å². The maximum atomic E-state index is 12.9. The molecule has 31 heavy (non-hydrogen) atoms. The summed E-state index contributed by atoms with van der Waals surface area (Å²) in [5.41, 5.74) is 1.52. The van der Waals surface area contributed by atoms with Gasteiger partial charge in [0.05, 0.1) is 22.8 Å². The van der Waals surface area contributed by atoms with Crippen molar-refractivity contribution < 1.29 is 23.9 Å². The first kappa shape index (κ1) is 20.3. The van der Waals surface area contributed by atoms with Crippen molar-refractivity contribution in [2.75, 3.05) is 19.6 Å². The number of piperidine rings is 1. The molecule has 0 radical (unpaired) electrons. The third-order valence-corrected chi connectivity index (χ3v) is 6.67. The van der Waals surface area contributed by atoms with Gasteiger partial charge < -0.3 is 15.4 Å². The van der Waals surface area contributed by atoms with Crippen LogP contribution in [0.15, 0.2) is 18.2 Å². The van der Waals surface area contributed by atoms with Crippen molar-refractivity contribution in [2.45, 2.75) is 56.4 Å². The summed E-state index contributed by atoms with van der Waals surface area (Å²) in [5.74, 6) is -1.94. The first-order valence-corrected chi connectivity index (χ1v) is 10.9. The number of benzene rings is 1. The van der Waals surface area contributed by atoms with Crippen LogP contribution in [-0.2, 0) is 20.9 Å². The summed E-state index contributed by atoms with van der Waals surface area (Å²) in [5, 5.41) is 8.90. The SMILES string of the molecule is O=C1CCC(N2C(=O)c3ccc(CNCC4CCCC5(CNC5)O4)cc3C2=O)C(=O)N1. The molecule has 1 aromatic rings. The van der Waals surface area contributed by atoms with E-state index in [0.717, 1.165) is 42.9 Å². The summed E-state index contributed by atoms with van der Waals surface area (Å²) in [6, 6.07) is 4.24. The van der Waals surface area contributed by atoms with Crippen molar-refractivity contribution in [3.63, 3.8) is 0 Å². The van der Waals surface area contributed by atoms with Crippen molar-refractivity contribution in [3.8, 4) is 0 Å². The lowest BCUT2D eigenvalue weighted by molar-refractivity contribution is -0.151. The van der Waals surface area contributed by atoms with Crippen LogP contribution in [0.3, 0.4) is 0 Å². The quantitative estimate of drug-likeness (QED) is 0.571. The molecule has 5 rings (SSSR count). The Morgan fingerprint density at radius 3 is 2.65 bits per heavy atom. The normalized spacial score (nSPS) is 27.3. The molecule has 0 aliphatic carbocycles. The standard InChI is InChI=1S/C22H26N4O5/c27-18-6-5-17(19(28)25-18)26-20(29)15-4-3-13(8-16(15)21(26)30)9-23-10-14-2-1-7-22(31-14)11-24-12-22/h3-4,8,14,17,23-24H,1-2,5-7,9-12H2,(H,25,27,28). The Labute approximate surface area is 179 Å². The van der Waals surface area contributed by atoms with E-state index in [4.69, 9.17) is 4.74 Å². The molecule has 3 saturated heterocycles. The number of carbonyl (C=O) groups excluding carboxylic acids is 4. The zero-order chi connectivity index (χ0) is 21.6. The highest BCUT2D eigenvalue weighted by Crippen LogP contribution is 2.32. The van der Waals surface area contributed by atoms with Gasteiger partial charge in [0.15, 0.2) is 0 Å². The van der Waals surface area contributed by atoms with Crippen LogP contribution in [0.5, 0.6) is 0 Å². The van der Waals surface area contributed by atoms with Gasteiger partial charge in [0, 0.05) is 32.6 Å². The fraction of sp³-hybridized carbons (Fsp3) is 0.545. The maximum absolute atomic E-state index is 12.9. The topological polar surface area (TPSA) is 117 Å². The Hall–Kier alpha value is -2.62. The molecule has 3 fully saturated rings. The van der Waals surface area contributed by atoms with Crippen molar-refractivity contribution in [1.29, 1.82) is 0 Å². The van der Waals surface area contributed by atoms with E-state index in [0.29, 0.717) is 17.7 Å². The Morgan fingerprint density at radius 1 is 1.10 bits per heavy atom. The van der Waals surface area contributed by atoms with E-state index >= 15 is 0 Å². The van der Waals surface area contributed by atoms with Crippen LogP contribution < -0.4 is 16.0 Å². The maximum Gasteiger partial charge on any atom is 0.262 e. The molecule has 1 spiro atoms. The molecular formula is C22H26N4O5. The lowest BCUT2D eigenvalue weighted by atomic mass is 9.86. The molecule has 2 atom stereocenters. The minimum Gasteiger partial charge on any atom is -0.368 e. The van der Waals surface area contributed by atoms with E-state index in [1.807, 2.05) is 6.07 Å². The Morgan fingerprint density at radius 2 is 1.90 bits per heavy atom. The van der Waals surface area contributed by atoms with Gasteiger partial charge in [-0.3, -0.25) is 29.4 Å². The van der Waals surface area contributed by atoms with Gasteiger partial charge in [0.25, 0.3) is 11.8 Å². The highest BCUT2D eigenvalue weighted by atomic mass is 16.5. The molecule has 4 amide bonds. The highest BCUT2D eigenvalue weighted by molar-refractivity contribution is 6.23. The summed E-state index contributed by atoms with van der Waals surface area (Å²) < 4.78 is 6.26. The van der Waals surface area contributed by atoms with Crippen molar-refractivity contribution in [2.24, 2.45) is 0 Å². The zero-order valence-corrected chi connectivity index (χ0v) is 17.2. The Bertz CT molecular complexity index is 957. The van der Waals surface area contributed by atoms with Crippen LogP contribution in [0.25, 0.3) is 0 Å². The predicted octanol–water partition coefficient (Wildman–Crippen LogP) is 0.0885. The lowest BCUT2D eigenvalue weighted by Gasteiger charge is -2.48. The fourth-order valence-electron chi connectivity index (χ4n) is 4.94.